The minimum atomic E-state index is -0.528. The summed E-state index contributed by atoms with van der Waals surface area (Å²) in [6.45, 7) is 0. The van der Waals surface area contributed by atoms with Crippen LogP contribution in [0.1, 0.15) is 0 Å². The maximum Gasteiger partial charge on any atom is 0.297 e. The summed E-state index contributed by atoms with van der Waals surface area (Å²) in [6.07, 6.45) is 0. The van der Waals surface area contributed by atoms with Crippen LogP contribution in [-0.2, 0) is 0 Å². The molecule has 0 aliphatic carbocycles. The van der Waals surface area contributed by atoms with Gasteiger partial charge >= 0.3 is 0 Å². The molecule has 0 fully saturated rings. The van der Waals surface area contributed by atoms with Gasteiger partial charge in [-0.25, -0.2) is 0 Å². The summed E-state index contributed by atoms with van der Waals surface area (Å²) in [5, 5.41) is 10.5. The molecule has 0 saturated heterocycles. The zero-order valence-corrected chi connectivity index (χ0v) is 8.94. The number of anilines is 1. The number of hydrogen-bond donors (Lipinski definition) is 1. The molecule has 1 rings (SSSR count). The number of nitro benzene ring substituents is 1. The molecule has 0 amide bonds. The summed E-state index contributed by atoms with van der Waals surface area (Å²) >= 11 is 1.96. The lowest BCUT2D eigenvalue weighted by molar-refractivity contribution is -0.384. The molecule has 0 saturated carbocycles. The van der Waals surface area contributed by atoms with Gasteiger partial charge in [0.05, 0.1) is 12.0 Å². The molecular weight excluding hydrogens is 287 g/mol. The van der Waals surface area contributed by atoms with Gasteiger partial charge in [-0.3, -0.25) is 10.1 Å². The predicted octanol–water partition coefficient (Wildman–Crippen LogP) is 1.79. The van der Waals surface area contributed by atoms with Crippen molar-refractivity contribution in [2.45, 2.75) is 0 Å². The van der Waals surface area contributed by atoms with Crippen molar-refractivity contribution >= 4 is 34.0 Å². The second kappa shape index (κ2) is 3.77. The number of nitrogens with two attached hydrogens (primary N) is 1. The van der Waals surface area contributed by atoms with E-state index in [1.54, 1.807) is 6.07 Å². The Labute approximate surface area is 88.2 Å². The SMILES string of the molecule is COc1cc(I)cc([N+](=O)[O-])c1N. The first kappa shape index (κ1) is 10.0. The number of hydrogen-bond acceptors (Lipinski definition) is 4. The molecule has 0 aliphatic heterocycles. The van der Waals surface area contributed by atoms with E-state index in [2.05, 4.69) is 0 Å². The van der Waals surface area contributed by atoms with Crippen LogP contribution >= 0.6 is 22.6 Å². The molecule has 0 atom stereocenters. The first-order valence-electron chi connectivity index (χ1n) is 3.33. The third-order valence-corrected chi connectivity index (χ3v) is 2.12. The number of methoxy groups -OCH3 is 1. The Kier molecular flexibility index (Phi) is 2.91. The van der Waals surface area contributed by atoms with Gasteiger partial charge < -0.3 is 10.5 Å². The maximum atomic E-state index is 10.5. The fourth-order valence-electron chi connectivity index (χ4n) is 0.899. The smallest absolute Gasteiger partial charge is 0.297 e. The Morgan fingerprint density at radius 1 is 1.62 bits per heavy atom. The minimum absolute atomic E-state index is 0.0629. The lowest BCUT2D eigenvalue weighted by Gasteiger charge is -2.04. The van der Waals surface area contributed by atoms with Gasteiger partial charge in [0.2, 0.25) is 0 Å². The first-order chi connectivity index (χ1) is 6.06. The molecule has 70 valence electrons. The Morgan fingerprint density at radius 3 is 2.69 bits per heavy atom. The molecule has 5 nitrogen and oxygen atoms in total. The first-order valence-corrected chi connectivity index (χ1v) is 4.41. The third kappa shape index (κ3) is 2.00. The van der Waals surface area contributed by atoms with Crippen LogP contribution in [0.2, 0.25) is 0 Å². The summed E-state index contributed by atoms with van der Waals surface area (Å²) in [5.74, 6) is 0.332. The predicted molar refractivity (Wildman–Crippen MR) is 56.8 cm³/mol. The van der Waals surface area contributed by atoms with Crippen molar-refractivity contribution in [3.05, 3.63) is 25.8 Å². The molecule has 0 spiro atoms. The zero-order valence-electron chi connectivity index (χ0n) is 6.78. The molecule has 0 radical (unpaired) electrons. The van der Waals surface area contributed by atoms with Crippen LogP contribution in [0, 0.1) is 13.7 Å². The molecule has 0 aliphatic rings. The number of halogens is 1. The van der Waals surface area contributed by atoms with Crippen molar-refractivity contribution in [1.29, 1.82) is 0 Å². The molecule has 13 heavy (non-hydrogen) atoms. The molecule has 2 N–H and O–H groups in total. The van der Waals surface area contributed by atoms with E-state index in [9.17, 15) is 10.1 Å². The highest BCUT2D eigenvalue weighted by molar-refractivity contribution is 14.1. The number of ether oxygens (including phenoxy) is 1. The number of nitrogen functional groups attached to an aromatic ring is 1. The van der Waals surface area contributed by atoms with E-state index < -0.39 is 4.92 Å². The lowest BCUT2D eigenvalue weighted by atomic mass is 10.2. The summed E-state index contributed by atoms with van der Waals surface area (Å²) < 4.78 is 5.60. The maximum absolute atomic E-state index is 10.5. The molecule has 0 bridgehead atoms. The van der Waals surface area contributed by atoms with Gasteiger partial charge in [-0.2, -0.15) is 0 Å². The van der Waals surface area contributed by atoms with E-state index in [1.165, 1.54) is 13.2 Å². The van der Waals surface area contributed by atoms with Crippen molar-refractivity contribution in [1.82, 2.24) is 0 Å². The van der Waals surface area contributed by atoms with Crippen LogP contribution in [0.3, 0.4) is 0 Å². The van der Waals surface area contributed by atoms with Crippen molar-refractivity contribution in [2.75, 3.05) is 12.8 Å². The monoisotopic (exact) mass is 294 g/mol. The van der Waals surface area contributed by atoms with E-state index in [0.717, 1.165) is 3.57 Å². The average Bonchev–Trinajstić information content (AvgIpc) is 2.08. The highest BCUT2D eigenvalue weighted by Gasteiger charge is 2.16. The Bertz CT molecular complexity index is 354. The van der Waals surface area contributed by atoms with Crippen LogP contribution in [0.4, 0.5) is 11.4 Å². The summed E-state index contributed by atoms with van der Waals surface area (Å²) in [6, 6.07) is 3.04. The Hall–Kier alpha value is -1.05. The van der Waals surface area contributed by atoms with E-state index >= 15 is 0 Å². The summed E-state index contributed by atoms with van der Waals surface area (Å²) in [7, 11) is 1.42. The molecular formula is C7H7IN2O3. The van der Waals surface area contributed by atoms with Crippen molar-refractivity contribution in [3.8, 4) is 5.75 Å². The zero-order chi connectivity index (χ0) is 10.0. The van der Waals surface area contributed by atoms with Crippen LogP contribution in [0.25, 0.3) is 0 Å². The van der Waals surface area contributed by atoms with Gasteiger partial charge in [0, 0.05) is 9.64 Å². The highest BCUT2D eigenvalue weighted by atomic mass is 127. The van der Waals surface area contributed by atoms with Gasteiger partial charge in [0.15, 0.2) is 5.69 Å². The molecule has 0 aromatic heterocycles. The Balaban J connectivity index is 3.35. The largest absolute Gasteiger partial charge is 0.494 e. The van der Waals surface area contributed by atoms with Crippen LogP contribution < -0.4 is 10.5 Å². The number of rotatable bonds is 2. The van der Waals surface area contributed by atoms with Gasteiger partial charge in [0.1, 0.15) is 5.75 Å². The number of nitro groups is 1. The second-order valence-electron chi connectivity index (χ2n) is 2.30. The average molecular weight is 294 g/mol. The van der Waals surface area contributed by atoms with Gasteiger partial charge in [-0.05, 0) is 28.7 Å². The molecule has 6 heteroatoms. The summed E-state index contributed by atoms with van der Waals surface area (Å²) in [4.78, 5) is 9.98. The Morgan fingerprint density at radius 2 is 2.23 bits per heavy atom. The molecule has 1 aromatic carbocycles. The van der Waals surface area contributed by atoms with Crippen LogP contribution in [0.5, 0.6) is 5.75 Å². The van der Waals surface area contributed by atoms with Crippen LogP contribution in [0.15, 0.2) is 12.1 Å². The quantitative estimate of drug-likeness (QED) is 0.390. The molecule has 0 heterocycles. The van der Waals surface area contributed by atoms with E-state index in [4.69, 9.17) is 10.5 Å². The molecule has 0 unspecified atom stereocenters. The van der Waals surface area contributed by atoms with E-state index in [-0.39, 0.29) is 11.4 Å². The highest BCUT2D eigenvalue weighted by Crippen LogP contribution is 2.33. The van der Waals surface area contributed by atoms with Gasteiger partial charge in [-0.1, -0.05) is 0 Å². The van der Waals surface area contributed by atoms with Gasteiger partial charge in [-0.15, -0.1) is 0 Å². The molecule has 1 aromatic rings. The fraction of sp³-hybridized carbons (Fsp3) is 0.143. The third-order valence-electron chi connectivity index (χ3n) is 1.50. The van der Waals surface area contributed by atoms with Crippen molar-refractivity contribution < 1.29 is 9.66 Å². The van der Waals surface area contributed by atoms with Crippen molar-refractivity contribution in [2.24, 2.45) is 0 Å². The van der Waals surface area contributed by atoms with E-state index in [0.29, 0.717) is 5.75 Å². The number of nitrogens with zero attached hydrogens (tertiary/aromatic N) is 1. The lowest BCUT2D eigenvalue weighted by Crippen LogP contribution is -1.99. The standard InChI is InChI=1S/C7H7IN2O3/c1-13-6-3-4(8)2-5(7(6)9)10(11)12/h2-3H,9H2,1H3. The van der Waals surface area contributed by atoms with Crippen LogP contribution in [-0.4, -0.2) is 12.0 Å². The fourth-order valence-corrected chi connectivity index (χ4v) is 1.48. The second-order valence-corrected chi connectivity index (χ2v) is 3.54. The topological polar surface area (TPSA) is 78.4 Å². The summed E-state index contributed by atoms with van der Waals surface area (Å²) in [5.41, 5.74) is 5.44. The number of benzene rings is 1. The van der Waals surface area contributed by atoms with Crippen molar-refractivity contribution in [3.63, 3.8) is 0 Å². The van der Waals surface area contributed by atoms with E-state index in [1.807, 2.05) is 22.6 Å². The van der Waals surface area contributed by atoms with Gasteiger partial charge in [0.25, 0.3) is 5.69 Å². The minimum Gasteiger partial charge on any atom is -0.494 e. The normalized spacial score (nSPS) is 9.69.